The highest BCUT2D eigenvalue weighted by Crippen LogP contribution is 2.05. The molecule has 2 aromatic carbocycles. The molecule has 1 amide bonds. The highest BCUT2D eigenvalue weighted by atomic mass is 19.1. The fraction of sp³-hybridized carbons (Fsp3) is 0.188. The minimum absolute atomic E-state index is 0.126. The van der Waals surface area contributed by atoms with E-state index in [1.165, 1.54) is 0 Å². The SMILES string of the molecule is O=C(N[C@H](F)Cc1ccccc1)OCc1ccccc1. The molecule has 20 heavy (non-hydrogen) atoms. The largest absolute Gasteiger partial charge is 0.445 e. The number of alkyl halides is 1. The standard InChI is InChI=1S/C16H16FNO2/c17-15(11-13-7-3-1-4-8-13)18-16(19)20-12-14-9-5-2-6-10-14/h1-10,15H,11-12H2,(H,18,19)/t15-/m0/s1. The molecule has 3 nitrogen and oxygen atoms in total. The molecule has 0 saturated carbocycles. The summed E-state index contributed by atoms with van der Waals surface area (Å²) in [4.78, 5) is 11.4. The van der Waals surface area contributed by atoms with Crippen molar-refractivity contribution in [3.8, 4) is 0 Å². The number of ether oxygens (including phenoxy) is 1. The van der Waals surface area contributed by atoms with Gasteiger partial charge in [0, 0.05) is 6.42 Å². The molecule has 4 heteroatoms. The van der Waals surface area contributed by atoms with Crippen LogP contribution in [0.1, 0.15) is 11.1 Å². The number of hydrogen-bond donors (Lipinski definition) is 1. The van der Waals surface area contributed by atoms with Gasteiger partial charge in [-0.15, -0.1) is 0 Å². The lowest BCUT2D eigenvalue weighted by Crippen LogP contribution is -2.33. The summed E-state index contributed by atoms with van der Waals surface area (Å²) in [5.74, 6) is 0. The van der Waals surface area contributed by atoms with Crippen LogP contribution < -0.4 is 5.32 Å². The molecule has 0 radical (unpaired) electrons. The number of benzene rings is 2. The van der Waals surface area contributed by atoms with Crippen molar-refractivity contribution in [1.29, 1.82) is 0 Å². The van der Waals surface area contributed by atoms with Gasteiger partial charge >= 0.3 is 6.09 Å². The van der Waals surface area contributed by atoms with E-state index in [1.807, 2.05) is 60.7 Å². The Bertz CT molecular complexity index is 531. The van der Waals surface area contributed by atoms with Gasteiger partial charge < -0.3 is 4.74 Å². The second-order valence-corrected chi connectivity index (χ2v) is 4.36. The van der Waals surface area contributed by atoms with Crippen molar-refractivity contribution in [2.24, 2.45) is 0 Å². The van der Waals surface area contributed by atoms with E-state index in [0.29, 0.717) is 0 Å². The number of halogens is 1. The van der Waals surface area contributed by atoms with Crippen molar-refractivity contribution in [2.75, 3.05) is 0 Å². The Hall–Kier alpha value is -2.36. The second kappa shape index (κ2) is 7.28. The minimum Gasteiger partial charge on any atom is -0.445 e. The molecule has 0 aliphatic rings. The minimum atomic E-state index is -1.46. The van der Waals surface area contributed by atoms with Crippen LogP contribution in [0.3, 0.4) is 0 Å². The molecule has 0 bridgehead atoms. The molecular weight excluding hydrogens is 257 g/mol. The second-order valence-electron chi connectivity index (χ2n) is 4.36. The van der Waals surface area contributed by atoms with Gasteiger partial charge in [-0.2, -0.15) is 0 Å². The zero-order valence-electron chi connectivity index (χ0n) is 11.0. The molecule has 2 rings (SSSR count). The van der Waals surface area contributed by atoms with Crippen LogP contribution in [0.2, 0.25) is 0 Å². The highest BCUT2D eigenvalue weighted by Gasteiger charge is 2.12. The first kappa shape index (κ1) is 14.1. The number of rotatable bonds is 5. The topological polar surface area (TPSA) is 38.3 Å². The van der Waals surface area contributed by atoms with Crippen LogP contribution in [0.4, 0.5) is 9.18 Å². The van der Waals surface area contributed by atoms with E-state index < -0.39 is 12.4 Å². The number of amides is 1. The molecule has 0 spiro atoms. The Balaban J connectivity index is 1.74. The number of nitrogens with one attached hydrogen (secondary N) is 1. The van der Waals surface area contributed by atoms with Gasteiger partial charge in [0.15, 0.2) is 6.30 Å². The zero-order chi connectivity index (χ0) is 14.2. The Kier molecular flexibility index (Phi) is 5.12. The lowest BCUT2D eigenvalue weighted by Gasteiger charge is -2.11. The maximum Gasteiger partial charge on any atom is 0.409 e. The van der Waals surface area contributed by atoms with Crippen LogP contribution in [0.5, 0.6) is 0 Å². The van der Waals surface area contributed by atoms with Gasteiger partial charge in [-0.3, -0.25) is 5.32 Å². The molecule has 0 aliphatic carbocycles. The van der Waals surface area contributed by atoms with Gasteiger partial charge in [0.1, 0.15) is 6.61 Å². The molecule has 0 heterocycles. The third-order valence-corrected chi connectivity index (χ3v) is 2.74. The summed E-state index contributed by atoms with van der Waals surface area (Å²) in [6, 6.07) is 18.4. The molecule has 0 saturated heterocycles. The Morgan fingerprint density at radius 1 is 1.00 bits per heavy atom. The van der Waals surface area contributed by atoms with Gasteiger partial charge in [-0.05, 0) is 11.1 Å². The molecular formula is C16H16FNO2. The molecule has 0 aromatic heterocycles. The number of alkyl carbamates (subject to hydrolysis) is 1. The van der Waals surface area contributed by atoms with E-state index in [0.717, 1.165) is 11.1 Å². The summed E-state index contributed by atoms with van der Waals surface area (Å²) in [7, 11) is 0. The Morgan fingerprint density at radius 3 is 2.15 bits per heavy atom. The monoisotopic (exact) mass is 273 g/mol. The fourth-order valence-electron chi connectivity index (χ4n) is 1.76. The summed E-state index contributed by atoms with van der Waals surface area (Å²) in [6.45, 7) is 0.130. The predicted octanol–water partition coefficient (Wildman–Crippen LogP) is 3.45. The van der Waals surface area contributed by atoms with E-state index in [2.05, 4.69) is 5.32 Å². The molecule has 1 N–H and O–H groups in total. The quantitative estimate of drug-likeness (QED) is 0.847. The Morgan fingerprint density at radius 2 is 1.55 bits per heavy atom. The zero-order valence-corrected chi connectivity index (χ0v) is 11.0. The lowest BCUT2D eigenvalue weighted by atomic mass is 10.1. The number of carbonyl (C=O) groups excluding carboxylic acids is 1. The lowest BCUT2D eigenvalue weighted by molar-refractivity contribution is 0.124. The van der Waals surface area contributed by atoms with E-state index in [1.54, 1.807) is 0 Å². The number of hydrogen-bond acceptors (Lipinski definition) is 2. The first-order valence-electron chi connectivity index (χ1n) is 6.39. The van der Waals surface area contributed by atoms with Crippen molar-refractivity contribution in [2.45, 2.75) is 19.3 Å². The van der Waals surface area contributed by atoms with Crippen molar-refractivity contribution in [3.63, 3.8) is 0 Å². The summed E-state index contributed by atoms with van der Waals surface area (Å²) in [5.41, 5.74) is 1.68. The first-order chi connectivity index (χ1) is 9.74. The summed E-state index contributed by atoms with van der Waals surface area (Å²) in [5, 5.41) is 2.17. The van der Waals surface area contributed by atoms with Crippen LogP contribution in [0.25, 0.3) is 0 Å². The van der Waals surface area contributed by atoms with Crippen LogP contribution >= 0.6 is 0 Å². The van der Waals surface area contributed by atoms with Crippen LogP contribution in [0.15, 0.2) is 60.7 Å². The van der Waals surface area contributed by atoms with Crippen LogP contribution in [-0.2, 0) is 17.8 Å². The summed E-state index contributed by atoms with van der Waals surface area (Å²) < 4.78 is 18.6. The van der Waals surface area contributed by atoms with E-state index >= 15 is 0 Å². The Labute approximate surface area is 117 Å². The van der Waals surface area contributed by atoms with Crippen LogP contribution in [0, 0.1) is 0 Å². The van der Waals surface area contributed by atoms with E-state index in [-0.39, 0.29) is 13.0 Å². The van der Waals surface area contributed by atoms with E-state index in [4.69, 9.17) is 4.74 Å². The van der Waals surface area contributed by atoms with Gasteiger partial charge in [0.2, 0.25) is 0 Å². The van der Waals surface area contributed by atoms with Crippen LogP contribution in [-0.4, -0.2) is 12.4 Å². The average Bonchev–Trinajstić information content (AvgIpc) is 2.47. The average molecular weight is 273 g/mol. The van der Waals surface area contributed by atoms with Crippen molar-refractivity contribution >= 4 is 6.09 Å². The fourth-order valence-corrected chi connectivity index (χ4v) is 1.76. The number of carbonyl (C=O) groups is 1. The van der Waals surface area contributed by atoms with Gasteiger partial charge in [-0.1, -0.05) is 60.7 Å². The summed E-state index contributed by atoms with van der Waals surface area (Å²) >= 11 is 0. The normalized spacial score (nSPS) is 11.7. The molecule has 2 aromatic rings. The van der Waals surface area contributed by atoms with Gasteiger partial charge in [-0.25, -0.2) is 9.18 Å². The first-order valence-corrected chi connectivity index (χ1v) is 6.39. The third-order valence-electron chi connectivity index (χ3n) is 2.74. The molecule has 1 atom stereocenters. The van der Waals surface area contributed by atoms with Crippen molar-refractivity contribution < 1.29 is 13.9 Å². The van der Waals surface area contributed by atoms with Crippen molar-refractivity contribution in [1.82, 2.24) is 5.32 Å². The highest BCUT2D eigenvalue weighted by molar-refractivity contribution is 5.67. The van der Waals surface area contributed by atoms with E-state index in [9.17, 15) is 9.18 Å². The summed E-state index contributed by atoms with van der Waals surface area (Å²) in [6.07, 6.45) is -2.08. The molecule has 0 fully saturated rings. The van der Waals surface area contributed by atoms with Crippen molar-refractivity contribution in [3.05, 3.63) is 71.8 Å². The van der Waals surface area contributed by atoms with Gasteiger partial charge in [0.05, 0.1) is 0 Å². The smallest absolute Gasteiger partial charge is 0.409 e. The molecule has 0 aliphatic heterocycles. The maximum atomic E-state index is 13.7. The molecule has 0 unspecified atom stereocenters. The van der Waals surface area contributed by atoms with Gasteiger partial charge in [0.25, 0.3) is 0 Å². The predicted molar refractivity (Wildman–Crippen MR) is 74.8 cm³/mol. The maximum absolute atomic E-state index is 13.7. The third kappa shape index (κ3) is 4.72. The molecule has 104 valence electrons.